The fourth-order valence-corrected chi connectivity index (χ4v) is 3.00. The van der Waals surface area contributed by atoms with Crippen molar-refractivity contribution >= 4 is 16.7 Å². The Hall–Kier alpha value is -3.35. The maximum atomic E-state index is 12.5. The van der Waals surface area contributed by atoms with E-state index >= 15 is 0 Å². The lowest BCUT2D eigenvalue weighted by Crippen LogP contribution is -2.38. The summed E-state index contributed by atoms with van der Waals surface area (Å²) in [5.74, 6) is 0.380. The third-order valence-electron chi connectivity index (χ3n) is 4.45. The molecule has 140 valence electrons. The highest BCUT2D eigenvalue weighted by Gasteiger charge is 2.15. The topological polar surface area (TPSA) is 93.2 Å². The standard InChI is InChI=1S/C20H21N3O4/c1-3-17(13-8-10-14(27-2)11-9-13)21-18(24)12-23-20(26)16-7-5-4-6-15(16)19(25)22-23/h4-11,17H,3,12H2,1-2H3,(H,21,24)(H,22,25). The monoisotopic (exact) mass is 367 g/mol. The van der Waals surface area contributed by atoms with Crippen molar-refractivity contribution in [3.63, 3.8) is 0 Å². The Labute approximate surface area is 155 Å². The highest BCUT2D eigenvalue weighted by molar-refractivity contribution is 5.81. The Bertz CT molecular complexity index is 1070. The predicted octanol–water partition coefficient (Wildman–Crippen LogP) is 1.97. The highest BCUT2D eigenvalue weighted by atomic mass is 16.5. The van der Waals surface area contributed by atoms with Crippen LogP contribution in [-0.2, 0) is 11.3 Å². The lowest BCUT2D eigenvalue weighted by atomic mass is 10.0. The van der Waals surface area contributed by atoms with Crippen LogP contribution in [0.3, 0.4) is 0 Å². The van der Waals surface area contributed by atoms with Crippen LogP contribution >= 0.6 is 0 Å². The normalized spacial score (nSPS) is 11.9. The second kappa shape index (κ2) is 7.90. The number of carbonyl (C=O) groups is 1. The Balaban J connectivity index is 1.80. The number of hydrogen-bond donors (Lipinski definition) is 2. The quantitative estimate of drug-likeness (QED) is 0.697. The minimum absolute atomic E-state index is 0.203. The predicted molar refractivity (Wildman–Crippen MR) is 103 cm³/mol. The number of rotatable bonds is 6. The minimum atomic E-state index is -0.405. The molecular weight excluding hydrogens is 346 g/mol. The molecule has 0 aliphatic rings. The van der Waals surface area contributed by atoms with Gasteiger partial charge in [-0.15, -0.1) is 0 Å². The third-order valence-corrected chi connectivity index (χ3v) is 4.45. The number of aromatic nitrogens is 2. The number of aromatic amines is 1. The van der Waals surface area contributed by atoms with Crippen LogP contribution in [0.15, 0.2) is 58.1 Å². The van der Waals surface area contributed by atoms with Gasteiger partial charge in [-0.1, -0.05) is 31.2 Å². The van der Waals surface area contributed by atoms with Crippen LogP contribution in [0.5, 0.6) is 5.75 Å². The van der Waals surface area contributed by atoms with Gasteiger partial charge >= 0.3 is 0 Å². The van der Waals surface area contributed by atoms with Crippen LogP contribution in [0.2, 0.25) is 0 Å². The fraction of sp³-hybridized carbons (Fsp3) is 0.250. The lowest BCUT2D eigenvalue weighted by molar-refractivity contribution is -0.122. The Morgan fingerprint density at radius 3 is 2.41 bits per heavy atom. The maximum absolute atomic E-state index is 12.5. The van der Waals surface area contributed by atoms with Gasteiger partial charge < -0.3 is 10.1 Å². The summed E-state index contributed by atoms with van der Waals surface area (Å²) in [5.41, 5.74) is 0.129. The fourth-order valence-electron chi connectivity index (χ4n) is 3.00. The molecule has 1 amide bonds. The number of nitrogens with zero attached hydrogens (tertiary/aromatic N) is 1. The molecule has 0 spiro atoms. The van der Waals surface area contributed by atoms with E-state index in [1.54, 1.807) is 31.4 Å². The van der Waals surface area contributed by atoms with Gasteiger partial charge in [-0.2, -0.15) is 0 Å². The maximum Gasteiger partial charge on any atom is 0.273 e. The number of carbonyl (C=O) groups excluding carboxylic acids is 1. The molecule has 2 N–H and O–H groups in total. The summed E-state index contributed by atoms with van der Waals surface area (Å²) < 4.78 is 6.19. The van der Waals surface area contributed by atoms with Gasteiger partial charge in [-0.25, -0.2) is 4.68 Å². The number of H-pyrrole nitrogens is 1. The van der Waals surface area contributed by atoms with Crippen molar-refractivity contribution in [3.8, 4) is 5.75 Å². The Morgan fingerprint density at radius 2 is 1.78 bits per heavy atom. The molecule has 0 fully saturated rings. The van der Waals surface area contributed by atoms with Gasteiger partial charge in [-0.3, -0.25) is 19.5 Å². The largest absolute Gasteiger partial charge is 0.497 e. The molecular formula is C20H21N3O4. The van der Waals surface area contributed by atoms with E-state index in [0.717, 1.165) is 16.0 Å². The van der Waals surface area contributed by atoms with E-state index < -0.39 is 11.1 Å². The number of methoxy groups -OCH3 is 1. The van der Waals surface area contributed by atoms with Crippen molar-refractivity contribution in [2.45, 2.75) is 25.9 Å². The van der Waals surface area contributed by atoms with Crippen molar-refractivity contribution in [1.82, 2.24) is 15.1 Å². The molecule has 1 aromatic heterocycles. The molecule has 27 heavy (non-hydrogen) atoms. The molecule has 7 nitrogen and oxygen atoms in total. The second-order valence-electron chi connectivity index (χ2n) is 6.18. The number of fused-ring (bicyclic) bond motifs is 1. The molecule has 0 saturated heterocycles. The van der Waals surface area contributed by atoms with E-state index in [4.69, 9.17) is 4.74 Å². The molecule has 1 unspecified atom stereocenters. The number of amides is 1. The molecule has 2 aromatic carbocycles. The zero-order valence-corrected chi connectivity index (χ0v) is 15.2. The summed E-state index contributed by atoms with van der Waals surface area (Å²) in [7, 11) is 1.59. The molecule has 3 rings (SSSR count). The van der Waals surface area contributed by atoms with E-state index in [9.17, 15) is 14.4 Å². The lowest BCUT2D eigenvalue weighted by Gasteiger charge is -2.18. The molecule has 3 aromatic rings. The van der Waals surface area contributed by atoms with Crippen LogP contribution in [-0.4, -0.2) is 22.8 Å². The molecule has 0 bridgehead atoms. The molecule has 0 aliphatic carbocycles. The summed E-state index contributed by atoms with van der Waals surface area (Å²) in [6, 6.07) is 13.8. The smallest absolute Gasteiger partial charge is 0.273 e. The van der Waals surface area contributed by atoms with E-state index in [2.05, 4.69) is 10.4 Å². The first-order chi connectivity index (χ1) is 13.0. The summed E-state index contributed by atoms with van der Waals surface area (Å²) in [4.78, 5) is 37.1. The molecule has 0 aliphatic heterocycles. The first kappa shape index (κ1) is 18.4. The summed E-state index contributed by atoms with van der Waals surface area (Å²) in [5, 5.41) is 5.97. The first-order valence-corrected chi connectivity index (χ1v) is 8.68. The Morgan fingerprint density at radius 1 is 1.11 bits per heavy atom. The summed E-state index contributed by atoms with van der Waals surface area (Å²) in [6.07, 6.45) is 0.682. The van der Waals surface area contributed by atoms with Crippen LogP contribution in [0.4, 0.5) is 0 Å². The van der Waals surface area contributed by atoms with Gasteiger partial charge in [0, 0.05) is 0 Å². The zero-order valence-electron chi connectivity index (χ0n) is 15.2. The summed E-state index contributed by atoms with van der Waals surface area (Å²) in [6.45, 7) is 1.70. The number of nitrogens with one attached hydrogen (secondary N) is 2. The average Bonchev–Trinajstić information content (AvgIpc) is 2.70. The molecule has 1 heterocycles. The van der Waals surface area contributed by atoms with Crippen LogP contribution in [0, 0.1) is 0 Å². The number of hydrogen-bond acceptors (Lipinski definition) is 4. The van der Waals surface area contributed by atoms with Gasteiger partial charge in [0.15, 0.2) is 0 Å². The second-order valence-corrected chi connectivity index (χ2v) is 6.18. The van der Waals surface area contributed by atoms with E-state index in [1.165, 1.54) is 0 Å². The van der Waals surface area contributed by atoms with Crippen molar-refractivity contribution in [2.24, 2.45) is 0 Å². The molecule has 0 radical (unpaired) electrons. The van der Waals surface area contributed by atoms with Crippen LogP contribution < -0.4 is 21.2 Å². The number of benzene rings is 2. The average molecular weight is 367 g/mol. The first-order valence-electron chi connectivity index (χ1n) is 8.68. The molecule has 1 atom stereocenters. The van der Waals surface area contributed by atoms with E-state index in [-0.39, 0.29) is 23.9 Å². The molecule has 0 saturated carbocycles. The van der Waals surface area contributed by atoms with E-state index in [1.807, 2.05) is 31.2 Å². The highest BCUT2D eigenvalue weighted by Crippen LogP contribution is 2.20. The van der Waals surface area contributed by atoms with Crippen molar-refractivity contribution < 1.29 is 9.53 Å². The third kappa shape index (κ3) is 3.92. The van der Waals surface area contributed by atoms with Crippen LogP contribution in [0.1, 0.15) is 24.9 Å². The van der Waals surface area contributed by atoms with Crippen LogP contribution in [0.25, 0.3) is 10.8 Å². The van der Waals surface area contributed by atoms with E-state index in [0.29, 0.717) is 11.8 Å². The van der Waals surface area contributed by atoms with Gasteiger partial charge in [0.05, 0.1) is 23.9 Å². The van der Waals surface area contributed by atoms with Crippen molar-refractivity contribution in [3.05, 3.63) is 74.8 Å². The van der Waals surface area contributed by atoms with Crippen molar-refractivity contribution in [1.29, 1.82) is 0 Å². The van der Waals surface area contributed by atoms with Gasteiger partial charge in [0.2, 0.25) is 5.91 Å². The number of ether oxygens (including phenoxy) is 1. The Kier molecular flexibility index (Phi) is 5.40. The van der Waals surface area contributed by atoms with Gasteiger partial charge in [0.1, 0.15) is 12.3 Å². The SMILES string of the molecule is CCC(NC(=O)Cn1[nH]c(=O)c2ccccc2c1=O)c1ccc(OC)cc1. The zero-order chi connectivity index (χ0) is 19.4. The summed E-state index contributed by atoms with van der Waals surface area (Å²) >= 11 is 0. The van der Waals surface area contributed by atoms with Crippen molar-refractivity contribution in [2.75, 3.05) is 7.11 Å². The molecule has 7 heteroatoms. The minimum Gasteiger partial charge on any atom is -0.497 e. The van der Waals surface area contributed by atoms with Gasteiger partial charge in [-0.05, 0) is 36.2 Å². The van der Waals surface area contributed by atoms with Gasteiger partial charge in [0.25, 0.3) is 11.1 Å².